The van der Waals surface area contributed by atoms with Gasteiger partial charge in [-0.2, -0.15) is 0 Å². The van der Waals surface area contributed by atoms with E-state index in [2.05, 4.69) is 0 Å². The number of ether oxygens (including phenoxy) is 2. The molecule has 0 unspecified atom stereocenters. The zero-order valence-corrected chi connectivity index (χ0v) is 14.3. The lowest BCUT2D eigenvalue weighted by Crippen LogP contribution is -2.43. The van der Waals surface area contributed by atoms with Crippen LogP contribution in [0.2, 0.25) is 0 Å². The lowest BCUT2D eigenvalue weighted by atomic mass is 10.1. The molecule has 1 saturated heterocycles. The van der Waals surface area contributed by atoms with E-state index in [0.29, 0.717) is 43.2 Å². The van der Waals surface area contributed by atoms with E-state index in [1.165, 1.54) is 0 Å². The lowest BCUT2D eigenvalue weighted by Gasteiger charge is -2.31. The number of hydrogen-bond donors (Lipinski definition) is 0. The molecule has 1 aliphatic rings. The Morgan fingerprint density at radius 2 is 1.83 bits per heavy atom. The summed E-state index contributed by atoms with van der Waals surface area (Å²) in [5, 5.41) is -0.452. The summed E-state index contributed by atoms with van der Waals surface area (Å²) in [6, 6.07) is 6.43. The van der Waals surface area contributed by atoms with Crippen molar-refractivity contribution < 1.29 is 22.7 Å². The molecule has 6 nitrogen and oxygen atoms in total. The Balaban J connectivity index is 1.99. The number of carbonyl (C=O) groups excluding carboxylic acids is 1. The maximum Gasteiger partial charge on any atom is 0.248 e. The maximum atomic E-state index is 12.7. The van der Waals surface area contributed by atoms with Crippen LogP contribution in [0.1, 0.15) is 19.8 Å². The van der Waals surface area contributed by atoms with Gasteiger partial charge in [-0.25, -0.2) is 8.42 Å². The summed E-state index contributed by atoms with van der Waals surface area (Å²) in [6.07, 6.45) is 0.901. The van der Waals surface area contributed by atoms with Crippen molar-refractivity contribution in [2.45, 2.75) is 29.9 Å². The first-order valence-electron chi connectivity index (χ1n) is 7.72. The van der Waals surface area contributed by atoms with Gasteiger partial charge in [0.05, 0.1) is 17.3 Å². The molecular formula is C16H23NO5S. The highest BCUT2D eigenvalue weighted by molar-refractivity contribution is 7.92. The second kappa shape index (κ2) is 7.79. The second-order valence-corrected chi connectivity index (χ2v) is 7.67. The van der Waals surface area contributed by atoms with Gasteiger partial charge >= 0.3 is 0 Å². The molecule has 0 N–H and O–H groups in total. The second-order valence-electron chi connectivity index (χ2n) is 5.44. The zero-order chi connectivity index (χ0) is 16.9. The number of piperidine rings is 1. The van der Waals surface area contributed by atoms with Crippen LogP contribution in [0.25, 0.3) is 0 Å². The molecule has 1 amide bonds. The Bertz CT molecular complexity index is 618. The van der Waals surface area contributed by atoms with Gasteiger partial charge < -0.3 is 14.4 Å². The average Bonchev–Trinajstić information content (AvgIpc) is 2.59. The monoisotopic (exact) mass is 341 g/mol. The van der Waals surface area contributed by atoms with Gasteiger partial charge in [0.2, 0.25) is 5.91 Å². The molecule has 0 aromatic heterocycles. The number of hydrogen-bond acceptors (Lipinski definition) is 5. The standard InChI is InChI=1S/C16H23NO5S/c1-3-22-12-16(18)17-10-8-15(9-11-17)23(19,20)14-6-4-13(21-2)5-7-14/h4-7,15H,3,8-12H2,1-2H3. The van der Waals surface area contributed by atoms with Crippen LogP contribution in [-0.4, -0.2) is 57.9 Å². The van der Waals surface area contributed by atoms with E-state index >= 15 is 0 Å². The number of nitrogens with zero attached hydrogens (tertiary/aromatic N) is 1. The first-order valence-corrected chi connectivity index (χ1v) is 9.27. The minimum Gasteiger partial charge on any atom is -0.497 e. The number of sulfone groups is 1. The minimum atomic E-state index is -3.38. The number of carbonyl (C=O) groups is 1. The number of rotatable bonds is 6. The Morgan fingerprint density at radius 3 is 2.35 bits per heavy atom. The Kier molecular flexibility index (Phi) is 6.01. The summed E-state index contributed by atoms with van der Waals surface area (Å²) in [4.78, 5) is 13.9. The number of benzene rings is 1. The van der Waals surface area contributed by atoms with Crippen molar-refractivity contribution in [2.75, 3.05) is 33.4 Å². The van der Waals surface area contributed by atoms with E-state index in [1.54, 1.807) is 36.3 Å². The van der Waals surface area contributed by atoms with Crippen LogP contribution in [0, 0.1) is 0 Å². The molecule has 1 heterocycles. The summed E-state index contributed by atoms with van der Waals surface area (Å²) >= 11 is 0. The number of likely N-dealkylation sites (tertiary alicyclic amines) is 1. The fraction of sp³-hybridized carbons (Fsp3) is 0.562. The third-order valence-electron chi connectivity index (χ3n) is 4.05. The van der Waals surface area contributed by atoms with Crippen LogP contribution in [0.4, 0.5) is 0 Å². The molecular weight excluding hydrogens is 318 g/mol. The van der Waals surface area contributed by atoms with Gasteiger partial charge in [0.25, 0.3) is 0 Å². The van der Waals surface area contributed by atoms with E-state index in [9.17, 15) is 13.2 Å². The molecule has 0 radical (unpaired) electrons. The smallest absolute Gasteiger partial charge is 0.248 e. The molecule has 0 aliphatic carbocycles. The molecule has 0 spiro atoms. The largest absolute Gasteiger partial charge is 0.497 e. The predicted octanol–water partition coefficient (Wildman–Crippen LogP) is 1.50. The first-order chi connectivity index (χ1) is 11.0. The van der Waals surface area contributed by atoms with Gasteiger partial charge in [-0.15, -0.1) is 0 Å². The van der Waals surface area contributed by atoms with Crippen LogP contribution in [-0.2, 0) is 19.4 Å². The van der Waals surface area contributed by atoms with E-state index < -0.39 is 15.1 Å². The predicted molar refractivity (Wildman–Crippen MR) is 86.3 cm³/mol. The Labute approximate surface area is 137 Å². The summed E-state index contributed by atoms with van der Waals surface area (Å²) < 4.78 is 35.5. The highest BCUT2D eigenvalue weighted by Crippen LogP contribution is 2.26. The van der Waals surface area contributed by atoms with E-state index in [1.807, 2.05) is 6.92 Å². The third kappa shape index (κ3) is 4.23. The molecule has 7 heteroatoms. The van der Waals surface area contributed by atoms with Crippen molar-refractivity contribution in [3.8, 4) is 5.75 Å². The number of amides is 1. The molecule has 2 rings (SSSR count). The van der Waals surface area contributed by atoms with Crippen LogP contribution in [0.3, 0.4) is 0 Å². The van der Waals surface area contributed by atoms with Gasteiger partial charge in [-0.05, 0) is 44.0 Å². The highest BCUT2D eigenvalue weighted by Gasteiger charge is 2.32. The van der Waals surface area contributed by atoms with Gasteiger partial charge in [-0.3, -0.25) is 4.79 Å². The van der Waals surface area contributed by atoms with Crippen molar-refractivity contribution in [1.29, 1.82) is 0 Å². The van der Waals surface area contributed by atoms with E-state index in [0.717, 1.165) is 0 Å². The van der Waals surface area contributed by atoms with Crippen molar-refractivity contribution in [3.63, 3.8) is 0 Å². The molecule has 0 saturated carbocycles. The van der Waals surface area contributed by atoms with Gasteiger partial charge in [0.15, 0.2) is 9.84 Å². The molecule has 1 aromatic carbocycles. The van der Waals surface area contributed by atoms with Gasteiger partial charge in [-0.1, -0.05) is 0 Å². The molecule has 1 aromatic rings. The van der Waals surface area contributed by atoms with Gasteiger partial charge in [0, 0.05) is 19.7 Å². The lowest BCUT2D eigenvalue weighted by molar-refractivity contribution is -0.136. The van der Waals surface area contributed by atoms with E-state index in [4.69, 9.17) is 9.47 Å². The Morgan fingerprint density at radius 1 is 1.22 bits per heavy atom. The average molecular weight is 341 g/mol. The summed E-state index contributed by atoms with van der Waals surface area (Å²) in [7, 11) is -1.84. The van der Waals surface area contributed by atoms with Crippen LogP contribution in [0.5, 0.6) is 5.75 Å². The zero-order valence-electron chi connectivity index (χ0n) is 13.5. The van der Waals surface area contributed by atoms with Crippen LogP contribution >= 0.6 is 0 Å². The summed E-state index contributed by atoms with van der Waals surface area (Å²) in [5.41, 5.74) is 0. The fourth-order valence-electron chi connectivity index (χ4n) is 2.65. The van der Waals surface area contributed by atoms with Gasteiger partial charge in [0.1, 0.15) is 12.4 Å². The first kappa shape index (κ1) is 17.7. The molecule has 1 aliphatic heterocycles. The molecule has 0 atom stereocenters. The maximum absolute atomic E-state index is 12.7. The van der Waals surface area contributed by atoms with Crippen LogP contribution in [0.15, 0.2) is 29.2 Å². The van der Waals surface area contributed by atoms with E-state index in [-0.39, 0.29) is 12.5 Å². The topological polar surface area (TPSA) is 72.9 Å². The molecule has 0 bridgehead atoms. The van der Waals surface area contributed by atoms with Crippen molar-refractivity contribution in [3.05, 3.63) is 24.3 Å². The Hall–Kier alpha value is -1.60. The SMILES string of the molecule is CCOCC(=O)N1CCC(S(=O)(=O)c2ccc(OC)cc2)CC1. The van der Waals surface area contributed by atoms with Crippen molar-refractivity contribution in [1.82, 2.24) is 4.90 Å². The normalized spacial score (nSPS) is 16.3. The van der Waals surface area contributed by atoms with Crippen molar-refractivity contribution >= 4 is 15.7 Å². The van der Waals surface area contributed by atoms with Crippen molar-refractivity contribution in [2.24, 2.45) is 0 Å². The summed E-state index contributed by atoms with van der Waals surface area (Å²) in [5.74, 6) is 0.549. The minimum absolute atomic E-state index is 0.0619. The molecule has 1 fully saturated rings. The van der Waals surface area contributed by atoms with Crippen LogP contribution < -0.4 is 4.74 Å². The molecule has 23 heavy (non-hydrogen) atoms. The fourth-order valence-corrected chi connectivity index (χ4v) is 4.39. The quantitative estimate of drug-likeness (QED) is 0.784. The number of methoxy groups -OCH3 is 1. The summed E-state index contributed by atoms with van der Waals surface area (Å²) in [6.45, 7) is 3.29. The molecule has 128 valence electrons. The third-order valence-corrected chi connectivity index (χ3v) is 6.33. The highest BCUT2D eigenvalue weighted by atomic mass is 32.2.